The largest absolute Gasteiger partial charge is 0.490 e. The topological polar surface area (TPSA) is 91.7 Å². The zero-order valence-corrected chi connectivity index (χ0v) is 19.6. The van der Waals surface area contributed by atoms with E-state index in [1.807, 2.05) is 37.3 Å². The molecule has 0 aliphatic carbocycles. The van der Waals surface area contributed by atoms with Gasteiger partial charge in [0.2, 0.25) is 0 Å². The van der Waals surface area contributed by atoms with Crippen molar-refractivity contribution in [1.29, 1.82) is 5.26 Å². The van der Waals surface area contributed by atoms with Gasteiger partial charge < -0.3 is 9.47 Å². The Morgan fingerprint density at radius 3 is 2.48 bits per heavy atom. The first-order valence-electron chi connectivity index (χ1n) is 10.7. The zero-order valence-electron chi connectivity index (χ0n) is 18.8. The van der Waals surface area contributed by atoms with Crippen LogP contribution < -0.4 is 19.7 Å². The molecule has 1 unspecified atom stereocenters. The Balaban J connectivity index is 1.93. The normalized spacial score (nSPS) is 15.8. The Kier molecular flexibility index (Phi) is 7.80. The number of thiocarbonyl (C=S) groups is 1. The fourth-order valence-corrected chi connectivity index (χ4v) is 3.64. The van der Waals surface area contributed by atoms with Gasteiger partial charge in [-0.2, -0.15) is 5.26 Å². The number of hydrogen-bond acceptors (Lipinski definition) is 6. The maximum absolute atomic E-state index is 13.3. The summed E-state index contributed by atoms with van der Waals surface area (Å²) in [5.41, 5.74) is 2.26. The summed E-state index contributed by atoms with van der Waals surface area (Å²) in [6.07, 6.45) is 2.49. The van der Waals surface area contributed by atoms with Gasteiger partial charge in [-0.05, 0) is 72.9 Å². The van der Waals surface area contributed by atoms with Crippen molar-refractivity contribution in [3.8, 4) is 17.6 Å². The van der Waals surface area contributed by atoms with Crippen LogP contribution in [0.15, 0.2) is 48.0 Å². The molecule has 0 bridgehead atoms. The molecule has 7 nitrogen and oxygen atoms in total. The molecule has 1 fully saturated rings. The Morgan fingerprint density at radius 1 is 1.12 bits per heavy atom. The van der Waals surface area contributed by atoms with Crippen LogP contribution >= 0.6 is 12.2 Å². The zero-order chi connectivity index (χ0) is 24.0. The lowest BCUT2D eigenvalue weighted by Gasteiger charge is -2.29. The van der Waals surface area contributed by atoms with Gasteiger partial charge in [-0.1, -0.05) is 32.0 Å². The third-order valence-electron chi connectivity index (χ3n) is 5.31. The van der Waals surface area contributed by atoms with Crippen LogP contribution in [0.4, 0.5) is 5.69 Å². The molecule has 0 saturated carbocycles. The second-order valence-electron chi connectivity index (χ2n) is 7.44. The monoisotopic (exact) mass is 463 g/mol. The van der Waals surface area contributed by atoms with Crippen molar-refractivity contribution in [3.63, 3.8) is 0 Å². The Morgan fingerprint density at radius 2 is 1.85 bits per heavy atom. The van der Waals surface area contributed by atoms with Gasteiger partial charge in [0, 0.05) is 0 Å². The van der Waals surface area contributed by atoms with Gasteiger partial charge >= 0.3 is 0 Å². The first-order valence-corrected chi connectivity index (χ1v) is 11.1. The average molecular weight is 464 g/mol. The van der Waals surface area contributed by atoms with Crippen molar-refractivity contribution < 1.29 is 19.1 Å². The molecule has 1 aliphatic heterocycles. The summed E-state index contributed by atoms with van der Waals surface area (Å²) in [6.45, 7) is 6.34. The van der Waals surface area contributed by atoms with Crippen LogP contribution in [0, 0.1) is 11.3 Å². The average Bonchev–Trinajstić information content (AvgIpc) is 2.81. The van der Waals surface area contributed by atoms with Crippen molar-refractivity contribution in [2.45, 2.75) is 33.1 Å². The van der Waals surface area contributed by atoms with E-state index in [0.717, 1.165) is 6.42 Å². The van der Waals surface area contributed by atoms with Gasteiger partial charge in [0.25, 0.3) is 11.8 Å². The Bertz CT molecular complexity index is 1140. The number of carbonyl (C=O) groups is 2. The van der Waals surface area contributed by atoms with Gasteiger partial charge in [-0.25, -0.2) is 0 Å². The fraction of sp³-hybridized carbons (Fsp3) is 0.280. The molecule has 170 valence electrons. The number of nitrogens with one attached hydrogen (secondary N) is 1. The van der Waals surface area contributed by atoms with Gasteiger partial charge in [-0.15, -0.1) is 0 Å². The minimum Gasteiger partial charge on any atom is -0.490 e. The predicted molar refractivity (Wildman–Crippen MR) is 130 cm³/mol. The third-order valence-corrected chi connectivity index (χ3v) is 5.59. The van der Waals surface area contributed by atoms with Crippen molar-refractivity contribution in [3.05, 3.63) is 59.2 Å². The number of nitrogens with zero attached hydrogens (tertiary/aromatic N) is 2. The molecular weight excluding hydrogens is 438 g/mol. The van der Waals surface area contributed by atoms with Crippen molar-refractivity contribution in [1.82, 2.24) is 5.32 Å². The van der Waals surface area contributed by atoms with E-state index in [9.17, 15) is 9.59 Å². The number of amides is 2. The van der Waals surface area contributed by atoms with E-state index in [4.69, 9.17) is 27.0 Å². The molecule has 0 spiro atoms. The molecule has 2 amide bonds. The van der Waals surface area contributed by atoms with Crippen molar-refractivity contribution in [2.75, 3.05) is 18.1 Å². The van der Waals surface area contributed by atoms with Crippen molar-refractivity contribution >= 4 is 40.9 Å². The van der Waals surface area contributed by atoms with Gasteiger partial charge in [0.05, 0.1) is 12.3 Å². The van der Waals surface area contributed by atoms with Crippen LogP contribution in [0.2, 0.25) is 0 Å². The maximum atomic E-state index is 13.3. The summed E-state index contributed by atoms with van der Waals surface area (Å²) in [7, 11) is 0. The summed E-state index contributed by atoms with van der Waals surface area (Å²) in [6, 6.07) is 14.5. The highest BCUT2D eigenvalue weighted by atomic mass is 32.1. The molecule has 33 heavy (non-hydrogen) atoms. The minimum atomic E-state index is -0.569. The van der Waals surface area contributed by atoms with Crippen LogP contribution in [0.3, 0.4) is 0 Å². The summed E-state index contributed by atoms with van der Waals surface area (Å²) in [5.74, 6) is 0.142. The summed E-state index contributed by atoms with van der Waals surface area (Å²) in [4.78, 5) is 27.2. The van der Waals surface area contributed by atoms with Gasteiger partial charge in [0.1, 0.15) is 11.6 Å². The first kappa shape index (κ1) is 24.0. The smallest absolute Gasteiger partial charge is 0.270 e. The molecule has 0 aromatic heterocycles. The second kappa shape index (κ2) is 10.7. The van der Waals surface area contributed by atoms with Crippen molar-refractivity contribution in [2.24, 2.45) is 0 Å². The van der Waals surface area contributed by atoms with E-state index in [2.05, 4.69) is 19.2 Å². The molecule has 0 radical (unpaired) electrons. The minimum absolute atomic E-state index is 0.0358. The highest BCUT2D eigenvalue weighted by molar-refractivity contribution is 7.80. The SMILES string of the molecule is CCOc1cc(/C=C2\C(=O)NC(=S)N(c3ccc(C(C)CC)cc3)C2=O)ccc1OCC#N. The van der Waals surface area contributed by atoms with E-state index < -0.39 is 11.8 Å². The lowest BCUT2D eigenvalue weighted by Crippen LogP contribution is -2.54. The summed E-state index contributed by atoms with van der Waals surface area (Å²) >= 11 is 5.28. The van der Waals surface area contributed by atoms with E-state index >= 15 is 0 Å². The van der Waals surface area contributed by atoms with Crippen LogP contribution in [-0.2, 0) is 9.59 Å². The van der Waals surface area contributed by atoms with Crippen LogP contribution in [-0.4, -0.2) is 30.1 Å². The number of rotatable bonds is 8. The van der Waals surface area contributed by atoms with E-state index in [0.29, 0.717) is 35.3 Å². The standard InChI is InChI=1S/C25H25N3O4S/c1-4-16(3)18-7-9-19(10-8-18)28-24(30)20(23(29)27-25(28)33)14-17-6-11-21(32-13-12-26)22(15-17)31-5-2/h6-11,14-16H,4-5,13H2,1-3H3,(H,27,29,33)/b20-14+. The number of carbonyl (C=O) groups excluding carboxylic acids is 2. The lowest BCUT2D eigenvalue weighted by atomic mass is 9.98. The number of anilines is 1. The first-order chi connectivity index (χ1) is 15.9. The second-order valence-corrected chi connectivity index (χ2v) is 7.83. The molecule has 1 atom stereocenters. The molecule has 1 saturated heterocycles. The Labute approximate surface area is 198 Å². The molecule has 1 N–H and O–H groups in total. The number of hydrogen-bond donors (Lipinski definition) is 1. The molecule has 2 aromatic carbocycles. The molecule has 2 aromatic rings. The number of benzene rings is 2. The molecule has 1 heterocycles. The molecule has 8 heteroatoms. The van der Waals surface area contributed by atoms with Crippen LogP contribution in [0.5, 0.6) is 11.5 Å². The van der Waals surface area contributed by atoms with Crippen LogP contribution in [0.25, 0.3) is 6.08 Å². The quantitative estimate of drug-likeness (QED) is 0.356. The van der Waals surface area contributed by atoms with E-state index in [1.54, 1.807) is 18.2 Å². The predicted octanol–water partition coefficient (Wildman–Crippen LogP) is 4.33. The maximum Gasteiger partial charge on any atom is 0.270 e. The fourth-order valence-electron chi connectivity index (χ4n) is 3.36. The van der Waals surface area contributed by atoms with Gasteiger partial charge in [-0.3, -0.25) is 19.8 Å². The highest BCUT2D eigenvalue weighted by Crippen LogP contribution is 2.30. The van der Waals surface area contributed by atoms with Crippen LogP contribution in [0.1, 0.15) is 44.2 Å². The van der Waals surface area contributed by atoms with Gasteiger partial charge in [0.15, 0.2) is 23.2 Å². The number of ether oxygens (including phenoxy) is 2. The molecule has 1 aliphatic rings. The van der Waals surface area contributed by atoms with E-state index in [-0.39, 0.29) is 17.3 Å². The molecular formula is C25H25N3O4S. The third kappa shape index (κ3) is 5.38. The lowest BCUT2D eigenvalue weighted by molar-refractivity contribution is -0.122. The Hall–Kier alpha value is -3.70. The summed E-state index contributed by atoms with van der Waals surface area (Å²) < 4.78 is 11.0. The number of nitriles is 1. The summed E-state index contributed by atoms with van der Waals surface area (Å²) in [5, 5.41) is 11.4. The highest BCUT2D eigenvalue weighted by Gasteiger charge is 2.34. The van der Waals surface area contributed by atoms with E-state index in [1.165, 1.54) is 16.5 Å². The molecule has 3 rings (SSSR count).